The van der Waals surface area contributed by atoms with Gasteiger partial charge in [0, 0.05) is 25.4 Å². The highest BCUT2D eigenvalue weighted by molar-refractivity contribution is 5.80. The number of ketones is 1. The van der Waals surface area contributed by atoms with E-state index in [2.05, 4.69) is 21.8 Å². The number of imidazole rings is 1. The van der Waals surface area contributed by atoms with Gasteiger partial charge < -0.3 is 9.88 Å². The summed E-state index contributed by atoms with van der Waals surface area (Å²) in [5, 5.41) is 3.36. The van der Waals surface area contributed by atoms with Gasteiger partial charge in [-0.2, -0.15) is 0 Å². The number of rotatable bonds is 6. The highest BCUT2D eigenvalue weighted by atomic mass is 16.1. The molecule has 1 saturated heterocycles. The maximum Gasteiger partial charge on any atom is 0.140 e. The monoisotopic (exact) mass is 249 g/mol. The van der Waals surface area contributed by atoms with E-state index in [0.29, 0.717) is 24.5 Å². The summed E-state index contributed by atoms with van der Waals surface area (Å²) in [6.07, 6.45) is 8.40. The molecule has 1 aromatic heterocycles. The summed E-state index contributed by atoms with van der Waals surface area (Å²) < 4.78 is 2.09. The van der Waals surface area contributed by atoms with Crippen LogP contribution >= 0.6 is 0 Å². The van der Waals surface area contributed by atoms with E-state index in [4.69, 9.17) is 0 Å². The lowest BCUT2D eigenvalue weighted by atomic mass is 9.93. The number of nitrogens with zero attached hydrogens (tertiary/aromatic N) is 2. The van der Waals surface area contributed by atoms with Gasteiger partial charge >= 0.3 is 0 Å². The Balaban J connectivity index is 1.84. The molecule has 1 fully saturated rings. The fourth-order valence-corrected chi connectivity index (χ4v) is 2.62. The van der Waals surface area contributed by atoms with Crippen molar-refractivity contribution in [1.29, 1.82) is 0 Å². The normalized spacial score (nSPS) is 19.9. The van der Waals surface area contributed by atoms with Gasteiger partial charge in [0.1, 0.15) is 11.6 Å². The summed E-state index contributed by atoms with van der Waals surface area (Å²) in [4.78, 5) is 16.3. The van der Waals surface area contributed by atoms with E-state index < -0.39 is 0 Å². The molecule has 18 heavy (non-hydrogen) atoms. The first-order valence-electron chi connectivity index (χ1n) is 7.02. The minimum Gasteiger partial charge on any atom is -0.335 e. The highest BCUT2D eigenvalue weighted by Gasteiger charge is 2.18. The fraction of sp³-hybridized carbons (Fsp3) is 0.714. The van der Waals surface area contributed by atoms with Crippen molar-refractivity contribution in [2.45, 2.75) is 45.6 Å². The van der Waals surface area contributed by atoms with E-state index in [1.54, 1.807) is 6.20 Å². The van der Waals surface area contributed by atoms with Gasteiger partial charge in [0.25, 0.3) is 0 Å². The van der Waals surface area contributed by atoms with Gasteiger partial charge in [0.2, 0.25) is 0 Å². The first-order valence-corrected chi connectivity index (χ1v) is 7.02. The maximum atomic E-state index is 12.1. The topological polar surface area (TPSA) is 46.9 Å². The number of carbonyl (C=O) groups is 1. The third-order valence-corrected chi connectivity index (χ3v) is 3.54. The van der Waals surface area contributed by atoms with Crippen LogP contribution in [-0.4, -0.2) is 28.4 Å². The van der Waals surface area contributed by atoms with Crippen molar-refractivity contribution in [2.24, 2.45) is 5.92 Å². The van der Waals surface area contributed by atoms with Crippen LogP contribution < -0.4 is 5.32 Å². The number of Topliss-reactive ketones (excluding diaryl/α,β-unsaturated/α-hetero) is 1. The van der Waals surface area contributed by atoms with Gasteiger partial charge in [0.05, 0.1) is 6.42 Å². The van der Waals surface area contributed by atoms with Crippen molar-refractivity contribution in [3.8, 4) is 0 Å². The molecular formula is C14H23N3O. The second kappa shape index (κ2) is 6.69. The van der Waals surface area contributed by atoms with Crippen LogP contribution in [0.5, 0.6) is 0 Å². The zero-order valence-corrected chi connectivity index (χ0v) is 11.2. The van der Waals surface area contributed by atoms with E-state index in [1.807, 2.05) is 6.20 Å². The SMILES string of the molecule is CCCn1ccnc1CC(=O)CC1CCCNC1. The number of nitrogens with one attached hydrogen (secondary N) is 1. The molecule has 1 atom stereocenters. The standard InChI is InChI=1S/C14H23N3O/c1-2-7-17-8-6-16-14(17)10-13(18)9-12-4-3-5-15-11-12/h6,8,12,15H,2-5,7,9-11H2,1H3. The average Bonchev–Trinajstić information content (AvgIpc) is 2.78. The summed E-state index contributed by atoms with van der Waals surface area (Å²) in [5.74, 6) is 1.78. The maximum absolute atomic E-state index is 12.1. The molecule has 0 saturated carbocycles. The van der Waals surface area contributed by atoms with Crippen LogP contribution in [0, 0.1) is 5.92 Å². The summed E-state index contributed by atoms with van der Waals surface area (Å²) >= 11 is 0. The van der Waals surface area contributed by atoms with Crippen molar-refractivity contribution in [3.05, 3.63) is 18.2 Å². The number of carbonyl (C=O) groups excluding carboxylic acids is 1. The predicted molar refractivity (Wildman–Crippen MR) is 71.4 cm³/mol. The van der Waals surface area contributed by atoms with Crippen molar-refractivity contribution >= 4 is 5.78 Å². The van der Waals surface area contributed by atoms with Crippen LogP contribution in [0.4, 0.5) is 0 Å². The number of hydrogen-bond acceptors (Lipinski definition) is 3. The van der Waals surface area contributed by atoms with Crippen LogP contribution in [0.1, 0.15) is 38.4 Å². The second-order valence-corrected chi connectivity index (χ2v) is 5.17. The smallest absolute Gasteiger partial charge is 0.140 e. The van der Waals surface area contributed by atoms with Crippen molar-refractivity contribution in [1.82, 2.24) is 14.9 Å². The number of hydrogen-bond donors (Lipinski definition) is 1. The van der Waals surface area contributed by atoms with Crippen LogP contribution in [0.15, 0.2) is 12.4 Å². The van der Waals surface area contributed by atoms with Crippen LogP contribution in [0.2, 0.25) is 0 Å². The molecule has 100 valence electrons. The van der Waals surface area contributed by atoms with Crippen molar-refractivity contribution in [2.75, 3.05) is 13.1 Å². The van der Waals surface area contributed by atoms with Crippen LogP contribution in [0.3, 0.4) is 0 Å². The summed E-state index contributed by atoms with van der Waals surface area (Å²) in [6.45, 7) is 5.19. The molecule has 1 aliphatic rings. The molecule has 0 radical (unpaired) electrons. The highest BCUT2D eigenvalue weighted by Crippen LogP contribution is 2.15. The molecular weight excluding hydrogens is 226 g/mol. The molecule has 4 nitrogen and oxygen atoms in total. The van der Waals surface area contributed by atoms with Crippen molar-refractivity contribution < 1.29 is 4.79 Å². The number of aryl methyl sites for hydroxylation is 1. The molecule has 1 aromatic rings. The Hall–Kier alpha value is -1.16. The molecule has 4 heteroatoms. The summed E-state index contributed by atoms with van der Waals surface area (Å²) in [6, 6.07) is 0. The number of aromatic nitrogens is 2. The van der Waals surface area contributed by atoms with Crippen molar-refractivity contribution in [3.63, 3.8) is 0 Å². The molecule has 0 spiro atoms. The summed E-state index contributed by atoms with van der Waals surface area (Å²) in [7, 11) is 0. The average molecular weight is 249 g/mol. The van der Waals surface area contributed by atoms with E-state index in [1.165, 1.54) is 12.8 Å². The molecule has 1 unspecified atom stereocenters. The zero-order valence-electron chi connectivity index (χ0n) is 11.2. The molecule has 2 heterocycles. The minimum absolute atomic E-state index is 0.326. The molecule has 1 N–H and O–H groups in total. The molecule has 0 amide bonds. The quantitative estimate of drug-likeness (QED) is 0.836. The van der Waals surface area contributed by atoms with Gasteiger partial charge in [0.15, 0.2) is 0 Å². The number of piperidine rings is 1. The van der Waals surface area contributed by atoms with Crippen LogP contribution in [-0.2, 0) is 17.8 Å². The molecule has 0 aliphatic carbocycles. The second-order valence-electron chi connectivity index (χ2n) is 5.17. The Morgan fingerprint density at radius 1 is 1.61 bits per heavy atom. The van der Waals surface area contributed by atoms with Gasteiger partial charge in [-0.3, -0.25) is 4.79 Å². The molecule has 0 bridgehead atoms. The molecule has 1 aliphatic heterocycles. The Kier molecular flexibility index (Phi) is 4.93. The Morgan fingerprint density at radius 3 is 3.22 bits per heavy atom. The van der Waals surface area contributed by atoms with Gasteiger partial charge in [-0.15, -0.1) is 0 Å². The Bertz CT molecular complexity index is 380. The van der Waals surface area contributed by atoms with Crippen LogP contribution in [0.25, 0.3) is 0 Å². The first kappa shape index (κ1) is 13.3. The lowest BCUT2D eigenvalue weighted by Gasteiger charge is -2.21. The van der Waals surface area contributed by atoms with E-state index >= 15 is 0 Å². The fourth-order valence-electron chi connectivity index (χ4n) is 2.62. The molecule has 0 aromatic carbocycles. The van der Waals surface area contributed by atoms with E-state index in [-0.39, 0.29) is 0 Å². The zero-order chi connectivity index (χ0) is 12.8. The minimum atomic E-state index is 0.326. The van der Waals surface area contributed by atoms with Gasteiger partial charge in [-0.05, 0) is 38.3 Å². The first-order chi connectivity index (χ1) is 8.79. The third-order valence-electron chi connectivity index (χ3n) is 3.54. The Labute approximate surface area is 109 Å². The lowest BCUT2D eigenvalue weighted by Crippen LogP contribution is -2.31. The van der Waals surface area contributed by atoms with Gasteiger partial charge in [-0.25, -0.2) is 4.98 Å². The van der Waals surface area contributed by atoms with E-state index in [9.17, 15) is 4.79 Å². The predicted octanol–water partition coefficient (Wildman–Crippen LogP) is 1.79. The Morgan fingerprint density at radius 2 is 2.50 bits per heavy atom. The summed E-state index contributed by atoms with van der Waals surface area (Å²) in [5.41, 5.74) is 0. The molecule has 2 rings (SSSR count). The third kappa shape index (κ3) is 3.67. The lowest BCUT2D eigenvalue weighted by molar-refractivity contribution is -0.119. The largest absolute Gasteiger partial charge is 0.335 e. The van der Waals surface area contributed by atoms with E-state index in [0.717, 1.165) is 31.9 Å². The van der Waals surface area contributed by atoms with Gasteiger partial charge in [-0.1, -0.05) is 6.92 Å².